The molecule has 6 aliphatic heterocycles. The third-order valence-electron chi connectivity index (χ3n) is 13.6. The first kappa shape index (κ1) is 66.9. The maximum absolute atomic E-state index is 12.3. The topological polar surface area (TPSA) is 202 Å². The molecule has 6 aliphatic rings. The molecule has 24 heteroatoms. The molecule has 1 amide bonds. The van der Waals surface area contributed by atoms with E-state index in [-0.39, 0.29) is 148 Å². The summed E-state index contributed by atoms with van der Waals surface area (Å²) < 4.78 is 61.4. The summed E-state index contributed by atoms with van der Waals surface area (Å²) in [5, 5.41) is 11.6. The van der Waals surface area contributed by atoms with Gasteiger partial charge in [-0.1, -0.05) is 64.1 Å². The summed E-state index contributed by atoms with van der Waals surface area (Å²) in [6.45, 7) is 8.55. The molecule has 2 aromatic carbocycles. The molecule has 0 spiro atoms. The zero-order valence-corrected chi connectivity index (χ0v) is 47.6. The summed E-state index contributed by atoms with van der Waals surface area (Å²) in [5.74, 6) is -1.36. The van der Waals surface area contributed by atoms with Crippen LogP contribution in [0.4, 0.5) is 0 Å². The Bertz CT molecular complexity index is 2060. The number of carbonyl (C=O) groups excluding carboxylic acids is 4. The van der Waals surface area contributed by atoms with E-state index in [1.807, 2.05) is 52.0 Å². The van der Waals surface area contributed by atoms with E-state index in [0.717, 1.165) is 25.7 Å². The van der Waals surface area contributed by atoms with Gasteiger partial charge in [-0.15, -0.1) is 0 Å². The second kappa shape index (κ2) is 34.6. The zero-order valence-electron chi connectivity index (χ0n) is 46.6. The number of hydrogen-bond donors (Lipinski definition) is 2. The minimum absolute atomic E-state index is 0. The van der Waals surface area contributed by atoms with Crippen molar-refractivity contribution in [2.24, 2.45) is 0 Å². The molecular weight excluding hydrogens is 994 g/mol. The Labute approximate surface area is 486 Å². The fraction of sp³-hybridized carbons (Fsp3) is 0.698. The molecule has 406 valence electrons. The molecule has 2 N–H and O–H groups in total. The molecule has 6 unspecified atom stereocenters. The maximum atomic E-state index is 12.3. The van der Waals surface area contributed by atoms with Crippen molar-refractivity contribution in [2.45, 2.75) is 214 Å². The average molecular weight is 1070 g/mol. The molecule has 2 aromatic rings. The van der Waals surface area contributed by atoms with Crippen molar-refractivity contribution in [2.75, 3.05) is 20.3 Å². The predicted molar refractivity (Wildman–Crippen MR) is 286 cm³/mol. The van der Waals surface area contributed by atoms with Crippen LogP contribution in [0.3, 0.4) is 0 Å². The predicted octanol–water partition coefficient (Wildman–Crippen LogP) is 0.424. The fourth-order valence-corrected chi connectivity index (χ4v) is 9.53. The molecule has 0 saturated carbocycles. The van der Waals surface area contributed by atoms with Crippen LogP contribution in [-0.4, -0.2) is 206 Å². The fourth-order valence-electron chi connectivity index (χ4n) is 9.53. The standard InChI is InChI=1S/C18H22B2O5.C16H25B2NO6.C13H15BO3.C6H11BO2.Na.H/c1-2-12-13(8-16(19)23-12)22-10-15-14(9-17(20)24-15)25-18(21)11-6-4-3-5-7-11;1-3-9-10(6-13(17)23-9)22-8-12-11(7-14(18)24-12)25-16(21)5-4-15(20)19-2;1-2-10-11(8-12(14)16-10)17-13(15)9-6-4-3-5-7-9;1-2-5-4(8)3-6(7)9-5;;/h3-7,12-17H,2,8-10H2,1H3;9-14H,3-8H2,1-2H3,(H,19,20);3-7,10-12H,2,8H2,1H3;4-6,8H,2-3H2,1H3;;/q;;;;+1;-1/t12-,13?,14?,15-,16-,17-;9-,10?,11?,12-,13-,14-;10-,11?,12-;4?,5-,6-;;/m1111../s1. The molecule has 8 rings (SSSR count). The average Bonchev–Trinajstić information content (AvgIpc) is 4.28. The number of rotatable bonds is 18. The quantitative estimate of drug-likeness (QED) is 0.118. The van der Waals surface area contributed by atoms with Crippen molar-refractivity contribution in [3.05, 3.63) is 71.8 Å². The van der Waals surface area contributed by atoms with Gasteiger partial charge in [0.2, 0.25) is 5.91 Å². The van der Waals surface area contributed by atoms with Crippen molar-refractivity contribution in [3.8, 4) is 0 Å². The molecule has 6 heterocycles. The van der Waals surface area contributed by atoms with Gasteiger partial charge in [-0.2, -0.15) is 0 Å². The van der Waals surface area contributed by atoms with E-state index < -0.39 is 42.4 Å². The van der Waals surface area contributed by atoms with Crippen LogP contribution in [0.1, 0.15) is 127 Å². The van der Waals surface area contributed by atoms with Crippen molar-refractivity contribution >= 4 is 70.9 Å². The summed E-state index contributed by atoms with van der Waals surface area (Å²) in [4.78, 5) is 47.2. The molecule has 0 aromatic heterocycles. The third-order valence-corrected chi connectivity index (χ3v) is 13.6. The van der Waals surface area contributed by atoms with E-state index in [4.69, 9.17) is 104 Å². The molecule has 0 bridgehead atoms. The molecular formula is C53H74B6NNaO16. The Morgan fingerprint density at radius 2 is 0.818 bits per heavy atom. The minimum Gasteiger partial charge on any atom is -1.00 e. The van der Waals surface area contributed by atoms with Crippen molar-refractivity contribution < 1.29 is 107 Å². The number of benzene rings is 2. The number of ether oxygens (including phenoxy) is 11. The molecule has 17 nitrogen and oxygen atoms in total. The molecule has 12 radical (unpaired) electrons. The molecule has 18 atom stereocenters. The number of amides is 1. The van der Waals surface area contributed by atoms with Crippen LogP contribution in [0.15, 0.2) is 60.7 Å². The van der Waals surface area contributed by atoms with Gasteiger partial charge in [-0.25, -0.2) is 9.59 Å². The van der Waals surface area contributed by atoms with Crippen LogP contribution in [0, 0.1) is 0 Å². The number of aliphatic hydroxyl groups excluding tert-OH is 1. The Hall–Kier alpha value is -2.65. The normalized spacial score (nSPS) is 33.9. The van der Waals surface area contributed by atoms with Crippen molar-refractivity contribution in [3.63, 3.8) is 0 Å². The number of carbonyl (C=O) groups is 4. The van der Waals surface area contributed by atoms with Crippen LogP contribution >= 0.6 is 0 Å². The summed E-state index contributed by atoms with van der Waals surface area (Å²) in [7, 11) is 35.9. The van der Waals surface area contributed by atoms with Crippen molar-refractivity contribution in [1.29, 1.82) is 0 Å². The minimum atomic E-state index is -0.505. The van der Waals surface area contributed by atoms with Gasteiger partial charge in [0.15, 0.2) is 0 Å². The SMILES string of the molecule is [B][C@H]1CC(O)[C@@H](CC)O1.[B][C@H]1CC(OC(=O)c2ccccc2)[C@@H](CC)O1.[B][C@H]1CC(OC[C@H]2O[C@@H]([B])CC2OC(=O)CCC(=O)NC)[C@@H](CC)O1.[B][C@H]1CC(OC[C@H]2O[C@@H]([B])CC2OC(=O)c2ccccc2)[C@@H](CC)O1.[H-].[Na+]. The van der Waals surface area contributed by atoms with Crippen LogP contribution in [0.5, 0.6) is 0 Å². The summed E-state index contributed by atoms with van der Waals surface area (Å²) in [6.07, 6.45) is 3.96. The van der Waals surface area contributed by atoms with Gasteiger partial charge < -0.3 is 64.0 Å². The van der Waals surface area contributed by atoms with E-state index in [0.29, 0.717) is 49.7 Å². The first-order valence-corrected chi connectivity index (χ1v) is 26.7. The van der Waals surface area contributed by atoms with Crippen LogP contribution in [0.2, 0.25) is 0 Å². The van der Waals surface area contributed by atoms with E-state index in [2.05, 4.69) is 5.32 Å². The second-order valence-electron chi connectivity index (χ2n) is 19.5. The Morgan fingerprint density at radius 3 is 1.17 bits per heavy atom. The largest absolute Gasteiger partial charge is 1.00 e. The number of esters is 3. The maximum Gasteiger partial charge on any atom is 1.00 e. The van der Waals surface area contributed by atoms with Gasteiger partial charge in [-0.3, -0.25) is 9.59 Å². The number of hydrogen-bond acceptors (Lipinski definition) is 16. The van der Waals surface area contributed by atoms with Gasteiger partial charge in [0.25, 0.3) is 0 Å². The Kier molecular flexibility index (Phi) is 30.0. The van der Waals surface area contributed by atoms with Crippen molar-refractivity contribution in [1.82, 2.24) is 5.32 Å². The summed E-state index contributed by atoms with van der Waals surface area (Å²) in [5.41, 5.74) is 1.06. The van der Waals surface area contributed by atoms with E-state index in [9.17, 15) is 19.2 Å². The van der Waals surface area contributed by atoms with Gasteiger partial charge in [0.1, 0.15) is 77.6 Å². The van der Waals surface area contributed by atoms with E-state index in [1.54, 1.807) is 36.4 Å². The van der Waals surface area contributed by atoms with Crippen LogP contribution in [-0.2, 0) is 61.7 Å². The third kappa shape index (κ3) is 22.0. The van der Waals surface area contributed by atoms with Gasteiger partial charge in [-0.05, 0) is 69.2 Å². The van der Waals surface area contributed by atoms with E-state index in [1.165, 1.54) is 7.05 Å². The Morgan fingerprint density at radius 1 is 0.494 bits per heavy atom. The summed E-state index contributed by atoms with van der Waals surface area (Å²) >= 11 is 0. The molecule has 0 aliphatic carbocycles. The Balaban J connectivity index is 0.000000285. The smallest absolute Gasteiger partial charge is 1.00 e. The summed E-state index contributed by atoms with van der Waals surface area (Å²) in [6, 6.07) is 15.7. The van der Waals surface area contributed by atoms with Crippen LogP contribution < -0.4 is 34.9 Å². The molecule has 77 heavy (non-hydrogen) atoms. The van der Waals surface area contributed by atoms with Gasteiger partial charge in [0, 0.05) is 68.8 Å². The monoisotopic (exact) mass is 1070 g/mol. The van der Waals surface area contributed by atoms with Gasteiger partial charge >= 0.3 is 47.5 Å². The molecule has 6 saturated heterocycles. The van der Waals surface area contributed by atoms with E-state index >= 15 is 0 Å². The van der Waals surface area contributed by atoms with Crippen LogP contribution in [0.25, 0.3) is 0 Å². The molecule has 6 fully saturated rings. The second-order valence-corrected chi connectivity index (χ2v) is 19.5. The zero-order chi connectivity index (χ0) is 55.3. The first-order chi connectivity index (χ1) is 36.4. The first-order valence-electron chi connectivity index (χ1n) is 26.7. The number of nitrogens with one attached hydrogen (secondary N) is 1. The number of aliphatic hydroxyl groups is 1. The van der Waals surface area contributed by atoms with Gasteiger partial charge in [0.05, 0.1) is 73.5 Å².